The van der Waals surface area contributed by atoms with Crippen LogP contribution in [0.2, 0.25) is 0 Å². The quantitative estimate of drug-likeness (QED) is 0.331. The summed E-state index contributed by atoms with van der Waals surface area (Å²) in [6, 6.07) is 2.21. The Morgan fingerprint density at radius 3 is 2.56 bits per heavy atom. The predicted octanol–water partition coefficient (Wildman–Crippen LogP) is 6.53. The highest BCUT2D eigenvalue weighted by Gasteiger charge is 2.60. The fourth-order valence-electron chi connectivity index (χ4n) is 9.27. The molecule has 0 aromatic heterocycles. The first-order valence-corrected chi connectivity index (χ1v) is 13.4. The molecule has 0 spiro atoms. The molecule has 4 nitrogen and oxygen atoms in total. The zero-order valence-corrected chi connectivity index (χ0v) is 20.9. The van der Waals surface area contributed by atoms with Crippen LogP contribution in [0, 0.1) is 57.7 Å². The molecule has 0 unspecified atom stereocenters. The standard InChI is InChI=1S/C28H45NO3/c1-19(6-11-26(30)31-4)23-9-10-24-22-8-7-20-18-21(32-17-5-16-29)12-14-27(20,2)25(22)13-15-28(23,24)3/h19-25H,5-15,17-18H2,1-4H3/t19-,20-,21+,22+,23-,24+,25+,27+,28-/m1/s1. The van der Waals surface area contributed by atoms with Crippen LogP contribution in [0.5, 0.6) is 0 Å². The summed E-state index contributed by atoms with van der Waals surface area (Å²) in [6.45, 7) is 8.22. The smallest absolute Gasteiger partial charge is 0.305 e. The monoisotopic (exact) mass is 443 g/mol. The van der Waals surface area contributed by atoms with Crippen molar-refractivity contribution in [2.75, 3.05) is 13.7 Å². The number of rotatable bonds is 7. The molecule has 32 heavy (non-hydrogen) atoms. The second-order valence-electron chi connectivity index (χ2n) is 12.2. The molecule has 0 bridgehead atoms. The molecule has 180 valence electrons. The molecule has 0 aromatic carbocycles. The molecule has 0 heterocycles. The predicted molar refractivity (Wildman–Crippen MR) is 126 cm³/mol. The van der Waals surface area contributed by atoms with Crippen LogP contribution in [0.3, 0.4) is 0 Å². The molecule has 0 saturated heterocycles. The van der Waals surface area contributed by atoms with Crippen LogP contribution in [0.4, 0.5) is 0 Å². The third kappa shape index (κ3) is 4.24. The van der Waals surface area contributed by atoms with Gasteiger partial charge in [-0.3, -0.25) is 4.79 Å². The van der Waals surface area contributed by atoms with Crippen LogP contribution in [-0.4, -0.2) is 25.8 Å². The van der Waals surface area contributed by atoms with Gasteiger partial charge in [0.1, 0.15) is 0 Å². The summed E-state index contributed by atoms with van der Waals surface area (Å²) < 4.78 is 11.0. The highest BCUT2D eigenvalue weighted by atomic mass is 16.5. The van der Waals surface area contributed by atoms with Crippen molar-refractivity contribution < 1.29 is 14.3 Å². The van der Waals surface area contributed by atoms with E-state index in [0.717, 1.165) is 36.0 Å². The molecular weight excluding hydrogens is 398 g/mol. The maximum Gasteiger partial charge on any atom is 0.305 e. The van der Waals surface area contributed by atoms with Crippen molar-refractivity contribution in [2.45, 2.75) is 104 Å². The van der Waals surface area contributed by atoms with Crippen molar-refractivity contribution in [1.82, 2.24) is 0 Å². The third-order valence-electron chi connectivity index (χ3n) is 11.0. The second kappa shape index (κ2) is 9.65. The van der Waals surface area contributed by atoms with Crippen LogP contribution in [0.25, 0.3) is 0 Å². The van der Waals surface area contributed by atoms with E-state index in [4.69, 9.17) is 14.7 Å². The SMILES string of the molecule is COC(=O)CC[C@@H](C)[C@H]1CC[C@H]2[C@@H]3CC[C@@H]4C[C@@H](OCCC#N)CC[C@]4(C)[C@H]3CC[C@]12C. The van der Waals surface area contributed by atoms with E-state index in [2.05, 4.69) is 26.8 Å². The zero-order valence-electron chi connectivity index (χ0n) is 20.9. The van der Waals surface area contributed by atoms with Gasteiger partial charge in [-0.15, -0.1) is 0 Å². The first-order valence-electron chi connectivity index (χ1n) is 13.4. The molecule has 4 aliphatic carbocycles. The molecule has 0 radical (unpaired) electrons. The normalized spacial score (nSPS) is 44.0. The molecule has 9 atom stereocenters. The number of carbonyl (C=O) groups is 1. The summed E-state index contributed by atoms with van der Waals surface area (Å²) >= 11 is 0. The van der Waals surface area contributed by atoms with Crippen molar-refractivity contribution in [2.24, 2.45) is 46.3 Å². The Morgan fingerprint density at radius 1 is 1.06 bits per heavy atom. The van der Waals surface area contributed by atoms with Gasteiger partial charge in [0.2, 0.25) is 0 Å². The van der Waals surface area contributed by atoms with Gasteiger partial charge in [0, 0.05) is 6.42 Å². The van der Waals surface area contributed by atoms with Gasteiger partial charge in [-0.25, -0.2) is 0 Å². The van der Waals surface area contributed by atoms with E-state index in [1.165, 1.54) is 64.9 Å². The minimum Gasteiger partial charge on any atom is -0.469 e. The number of nitriles is 1. The largest absolute Gasteiger partial charge is 0.469 e. The van der Waals surface area contributed by atoms with Gasteiger partial charge in [-0.2, -0.15) is 5.26 Å². The van der Waals surface area contributed by atoms with Gasteiger partial charge in [-0.1, -0.05) is 20.8 Å². The number of esters is 1. The number of carbonyl (C=O) groups excluding carboxylic acids is 1. The Hall–Kier alpha value is -1.08. The first kappa shape index (κ1) is 24.1. The van der Waals surface area contributed by atoms with Crippen molar-refractivity contribution in [3.05, 3.63) is 0 Å². The molecule has 0 aromatic rings. The van der Waals surface area contributed by atoms with Gasteiger partial charge in [0.15, 0.2) is 0 Å². The fraction of sp³-hybridized carbons (Fsp3) is 0.929. The lowest BCUT2D eigenvalue weighted by molar-refractivity contribution is -0.142. The Kier molecular flexibility index (Phi) is 7.26. The summed E-state index contributed by atoms with van der Waals surface area (Å²) in [5, 5.41) is 8.82. The summed E-state index contributed by atoms with van der Waals surface area (Å²) in [7, 11) is 1.50. The Morgan fingerprint density at radius 2 is 1.81 bits per heavy atom. The molecule has 0 aliphatic heterocycles. The molecule has 4 saturated carbocycles. The molecule has 4 aliphatic rings. The maximum absolute atomic E-state index is 11.7. The van der Waals surface area contributed by atoms with Gasteiger partial charge in [0.25, 0.3) is 0 Å². The van der Waals surface area contributed by atoms with Crippen molar-refractivity contribution >= 4 is 5.97 Å². The van der Waals surface area contributed by atoms with Crippen molar-refractivity contribution in [3.8, 4) is 6.07 Å². The van der Waals surface area contributed by atoms with Crippen molar-refractivity contribution in [3.63, 3.8) is 0 Å². The Balaban J connectivity index is 1.41. The van der Waals surface area contributed by atoms with E-state index in [1.807, 2.05) is 0 Å². The highest BCUT2D eigenvalue weighted by molar-refractivity contribution is 5.69. The summed E-state index contributed by atoms with van der Waals surface area (Å²) in [5.41, 5.74) is 0.936. The molecule has 4 rings (SSSR count). The van der Waals surface area contributed by atoms with Crippen LogP contribution in [0.15, 0.2) is 0 Å². The second-order valence-corrected chi connectivity index (χ2v) is 12.2. The lowest BCUT2D eigenvalue weighted by atomic mass is 9.44. The topological polar surface area (TPSA) is 59.3 Å². The van der Waals surface area contributed by atoms with Crippen LogP contribution in [0.1, 0.15) is 97.8 Å². The summed E-state index contributed by atoms with van der Waals surface area (Å²) in [6.07, 6.45) is 14.4. The lowest BCUT2D eigenvalue weighted by Crippen LogP contribution is -2.54. The van der Waals surface area contributed by atoms with E-state index in [1.54, 1.807) is 0 Å². The van der Waals surface area contributed by atoms with Crippen LogP contribution in [-0.2, 0) is 14.3 Å². The fourth-order valence-corrected chi connectivity index (χ4v) is 9.27. The maximum atomic E-state index is 11.7. The molecule has 4 fully saturated rings. The summed E-state index contributed by atoms with van der Waals surface area (Å²) in [4.78, 5) is 11.7. The molecular formula is C28H45NO3. The number of nitrogens with zero attached hydrogens (tertiary/aromatic N) is 1. The third-order valence-corrected chi connectivity index (χ3v) is 11.0. The number of fused-ring (bicyclic) bond motifs is 5. The van der Waals surface area contributed by atoms with E-state index in [-0.39, 0.29) is 5.97 Å². The average molecular weight is 444 g/mol. The minimum absolute atomic E-state index is 0.0567. The number of hydrogen-bond acceptors (Lipinski definition) is 4. The summed E-state index contributed by atoms with van der Waals surface area (Å²) in [5.74, 6) is 4.74. The molecule has 0 N–H and O–H groups in total. The highest BCUT2D eigenvalue weighted by Crippen LogP contribution is 2.68. The zero-order chi connectivity index (χ0) is 22.9. The van der Waals surface area contributed by atoms with Gasteiger partial charge < -0.3 is 9.47 Å². The Labute approximate surface area is 195 Å². The minimum atomic E-state index is -0.0567. The Bertz CT molecular complexity index is 716. The average Bonchev–Trinajstić information content (AvgIpc) is 3.14. The lowest BCUT2D eigenvalue weighted by Gasteiger charge is -2.61. The molecule has 0 amide bonds. The van der Waals surface area contributed by atoms with Gasteiger partial charge in [-0.05, 0) is 111 Å². The number of ether oxygens (including phenoxy) is 2. The van der Waals surface area contributed by atoms with Gasteiger partial charge >= 0.3 is 5.97 Å². The first-order chi connectivity index (χ1) is 15.3. The van der Waals surface area contributed by atoms with Gasteiger partial charge in [0.05, 0.1) is 32.3 Å². The number of methoxy groups -OCH3 is 1. The van der Waals surface area contributed by atoms with Crippen molar-refractivity contribution in [1.29, 1.82) is 5.26 Å². The van der Waals surface area contributed by atoms with E-state index < -0.39 is 0 Å². The van der Waals surface area contributed by atoms with Crippen LogP contribution < -0.4 is 0 Å². The number of hydrogen-bond donors (Lipinski definition) is 0. The van der Waals surface area contributed by atoms with Crippen LogP contribution >= 0.6 is 0 Å². The van der Waals surface area contributed by atoms with E-state index in [9.17, 15) is 4.79 Å². The van der Waals surface area contributed by atoms with E-state index >= 15 is 0 Å². The molecule has 4 heteroatoms. The van der Waals surface area contributed by atoms with E-state index in [0.29, 0.717) is 42.3 Å².